The normalized spacial score (nSPS) is 18.8. The molecule has 3 heteroatoms. The third-order valence-corrected chi connectivity index (χ3v) is 4.19. The van der Waals surface area contributed by atoms with Crippen molar-refractivity contribution in [1.29, 1.82) is 0 Å². The summed E-state index contributed by atoms with van der Waals surface area (Å²) in [5, 5.41) is 3.50. The molecule has 1 saturated heterocycles. The molecule has 0 radical (unpaired) electrons. The van der Waals surface area contributed by atoms with Crippen LogP contribution in [0.2, 0.25) is 0 Å². The number of likely N-dealkylation sites (N-methyl/N-ethyl adjacent to an activating group) is 1. The zero-order valence-electron chi connectivity index (χ0n) is 13.3. The molecule has 0 bridgehead atoms. The van der Waals surface area contributed by atoms with Gasteiger partial charge in [-0.15, -0.1) is 0 Å². The van der Waals surface area contributed by atoms with Crippen molar-refractivity contribution in [3.05, 3.63) is 34.4 Å². The van der Waals surface area contributed by atoms with Gasteiger partial charge in [-0.05, 0) is 50.9 Å². The van der Waals surface area contributed by atoms with E-state index in [0.717, 1.165) is 39.3 Å². The molecule has 0 saturated carbocycles. The van der Waals surface area contributed by atoms with Crippen molar-refractivity contribution in [2.75, 3.05) is 39.9 Å². The molecule has 0 aromatic heterocycles. The van der Waals surface area contributed by atoms with Crippen LogP contribution in [0.4, 0.5) is 0 Å². The summed E-state index contributed by atoms with van der Waals surface area (Å²) in [7, 11) is 2.07. The summed E-state index contributed by atoms with van der Waals surface area (Å²) in [6.07, 6.45) is 1.14. The van der Waals surface area contributed by atoms with Crippen LogP contribution in [0, 0.1) is 20.8 Å². The highest BCUT2D eigenvalue weighted by molar-refractivity contribution is 5.39. The largest absolute Gasteiger partial charge is 0.380 e. The molecule has 0 amide bonds. The van der Waals surface area contributed by atoms with Gasteiger partial charge < -0.3 is 10.1 Å². The second-order valence-corrected chi connectivity index (χ2v) is 5.92. The quantitative estimate of drug-likeness (QED) is 0.915. The number of nitrogens with zero attached hydrogens (tertiary/aromatic N) is 1. The van der Waals surface area contributed by atoms with E-state index >= 15 is 0 Å². The van der Waals surface area contributed by atoms with Gasteiger partial charge >= 0.3 is 0 Å². The number of rotatable bonds is 4. The van der Waals surface area contributed by atoms with Gasteiger partial charge in [0.05, 0.1) is 6.61 Å². The summed E-state index contributed by atoms with van der Waals surface area (Å²) >= 11 is 0. The standard InChI is InChI=1S/C17H28N2O/c1-13-10-14(2)17(15(3)11-13)16(18-4)12-19-6-5-8-20-9-7-19/h10-11,16,18H,5-9,12H2,1-4H3. The summed E-state index contributed by atoms with van der Waals surface area (Å²) in [6.45, 7) is 11.6. The number of aryl methyl sites for hydroxylation is 3. The van der Waals surface area contributed by atoms with Gasteiger partial charge in [0, 0.05) is 32.3 Å². The first-order valence-electron chi connectivity index (χ1n) is 7.67. The van der Waals surface area contributed by atoms with Crippen LogP contribution in [0.3, 0.4) is 0 Å². The monoisotopic (exact) mass is 276 g/mol. The van der Waals surface area contributed by atoms with Crippen molar-refractivity contribution in [1.82, 2.24) is 10.2 Å². The molecule has 1 aliphatic heterocycles. The Morgan fingerprint density at radius 3 is 2.50 bits per heavy atom. The van der Waals surface area contributed by atoms with E-state index in [4.69, 9.17) is 4.74 Å². The fraction of sp³-hybridized carbons (Fsp3) is 0.647. The Morgan fingerprint density at radius 2 is 1.85 bits per heavy atom. The van der Waals surface area contributed by atoms with Crippen LogP contribution in [0.15, 0.2) is 12.1 Å². The zero-order valence-corrected chi connectivity index (χ0v) is 13.3. The zero-order chi connectivity index (χ0) is 14.5. The average Bonchev–Trinajstić information content (AvgIpc) is 2.65. The van der Waals surface area contributed by atoms with Gasteiger partial charge in [0.1, 0.15) is 0 Å². The van der Waals surface area contributed by atoms with Crippen molar-refractivity contribution in [2.45, 2.75) is 33.2 Å². The first-order chi connectivity index (χ1) is 9.61. The topological polar surface area (TPSA) is 24.5 Å². The van der Waals surface area contributed by atoms with E-state index in [0.29, 0.717) is 6.04 Å². The molecule has 1 fully saturated rings. The Hall–Kier alpha value is -0.900. The SMILES string of the molecule is CNC(CN1CCCOCC1)c1c(C)cc(C)cc1C. The minimum Gasteiger partial charge on any atom is -0.380 e. The third kappa shape index (κ3) is 3.81. The van der Waals surface area contributed by atoms with Crippen LogP contribution in [-0.4, -0.2) is 44.8 Å². The molecule has 1 unspecified atom stereocenters. The molecule has 1 atom stereocenters. The predicted octanol–water partition coefficient (Wildman–Crippen LogP) is 2.59. The van der Waals surface area contributed by atoms with Crippen molar-refractivity contribution in [3.63, 3.8) is 0 Å². The molecule has 0 spiro atoms. The van der Waals surface area contributed by atoms with Crippen molar-refractivity contribution >= 4 is 0 Å². The van der Waals surface area contributed by atoms with Crippen molar-refractivity contribution < 1.29 is 4.74 Å². The molecular weight excluding hydrogens is 248 g/mol. The van der Waals surface area contributed by atoms with Crippen molar-refractivity contribution in [3.8, 4) is 0 Å². The fourth-order valence-electron chi connectivity index (χ4n) is 3.31. The van der Waals surface area contributed by atoms with Crippen LogP contribution >= 0.6 is 0 Å². The summed E-state index contributed by atoms with van der Waals surface area (Å²) in [6, 6.07) is 4.98. The molecule has 1 heterocycles. The highest BCUT2D eigenvalue weighted by Crippen LogP contribution is 2.24. The molecule has 20 heavy (non-hydrogen) atoms. The minimum atomic E-state index is 0.397. The summed E-state index contributed by atoms with van der Waals surface area (Å²) in [4.78, 5) is 2.52. The predicted molar refractivity (Wildman–Crippen MR) is 84.3 cm³/mol. The van der Waals surface area contributed by atoms with Crippen molar-refractivity contribution in [2.24, 2.45) is 0 Å². The molecule has 1 aliphatic rings. The maximum absolute atomic E-state index is 5.55. The van der Waals surface area contributed by atoms with Crippen LogP contribution in [-0.2, 0) is 4.74 Å². The smallest absolute Gasteiger partial charge is 0.0593 e. The first kappa shape index (κ1) is 15.5. The second kappa shape index (κ2) is 7.21. The molecule has 1 aromatic carbocycles. The molecule has 112 valence electrons. The Morgan fingerprint density at radius 1 is 1.15 bits per heavy atom. The Balaban J connectivity index is 2.15. The number of ether oxygens (including phenoxy) is 1. The number of hydrogen-bond donors (Lipinski definition) is 1. The lowest BCUT2D eigenvalue weighted by atomic mass is 9.93. The Bertz CT molecular complexity index is 414. The van der Waals surface area contributed by atoms with Gasteiger partial charge in [-0.1, -0.05) is 17.7 Å². The summed E-state index contributed by atoms with van der Waals surface area (Å²) in [5.74, 6) is 0. The lowest BCUT2D eigenvalue weighted by molar-refractivity contribution is 0.139. The van der Waals surface area contributed by atoms with Gasteiger partial charge in [0.15, 0.2) is 0 Å². The summed E-state index contributed by atoms with van der Waals surface area (Å²) in [5.41, 5.74) is 5.60. The first-order valence-corrected chi connectivity index (χ1v) is 7.67. The van der Waals surface area contributed by atoms with Gasteiger partial charge in [0.2, 0.25) is 0 Å². The van der Waals surface area contributed by atoms with E-state index in [9.17, 15) is 0 Å². The molecule has 3 nitrogen and oxygen atoms in total. The van der Waals surface area contributed by atoms with Gasteiger partial charge in [0.25, 0.3) is 0 Å². The van der Waals surface area contributed by atoms with Crippen LogP contribution < -0.4 is 5.32 Å². The van der Waals surface area contributed by atoms with Crippen LogP contribution in [0.25, 0.3) is 0 Å². The fourth-order valence-corrected chi connectivity index (χ4v) is 3.31. The van der Waals surface area contributed by atoms with Crippen LogP contribution in [0.1, 0.15) is 34.7 Å². The number of benzene rings is 1. The maximum Gasteiger partial charge on any atom is 0.0593 e. The molecule has 0 aliphatic carbocycles. The van der Waals surface area contributed by atoms with E-state index in [1.54, 1.807) is 0 Å². The van der Waals surface area contributed by atoms with E-state index in [1.807, 2.05) is 0 Å². The Kier molecular flexibility index (Phi) is 5.58. The molecule has 1 aromatic rings. The van der Waals surface area contributed by atoms with E-state index in [-0.39, 0.29) is 0 Å². The van der Waals surface area contributed by atoms with Gasteiger partial charge in [-0.2, -0.15) is 0 Å². The maximum atomic E-state index is 5.55. The van der Waals surface area contributed by atoms with E-state index in [2.05, 4.69) is 50.2 Å². The van der Waals surface area contributed by atoms with Gasteiger partial charge in [-0.25, -0.2) is 0 Å². The number of hydrogen-bond acceptors (Lipinski definition) is 3. The third-order valence-electron chi connectivity index (χ3n) is 4.19. The molecule has 2 rings (SSSR count). The lowest BCUT2D eigenvalue weighted by Gasteiger charge is -2.28. The lowest BCUT2D eigenvalue weighted by Crippen LogP contribution is -2.36. The van der Waals surface area contributed by atoms with Gasteiger partial charge in [-0.3, -0.25) is 4.90 Å². The number of nitrogens with one attached hydrogen (secondary N) is 1. The molecule has 1 N–H and O–H groups in total. The Labute approximate surface area is 123 Å². The second-order valence-electron chi connectivity index (χ2n) is 5.92. The average molecular weight is 276 g/mol. The minimum absolute atomic E-state index is 0.397. The van der Waals surface area contributed by atoms with E-state index in [1.165, 1.54) is 22.3 Å². The van der Waals surface area contributed by atoms with E-state index < -0.39 is 0 Å². The highest BCUT2D eigenvalue weighted by atomic mass is 16.5. The summed E-state index contributed by atoms with van der Waals surface area (Å²) < 4.78 is 5.55. The molecular formula is C17H28N2O. The highest BCUT2D eigenvalue weighted by Gasteiger charge is 2.19. The van der Waals surface area contributed by atoms with Crippen LogP contribution in [0.5, 0.6) is 0 Å².